The molecule has 1 aliphatic rings. The lowest BCUT2D eigenvalue weighted by atomic mass is 9.99. The molecule has 1 atom stereocenters. The molecule has 3 aromatic rings. The maximum atomic E-state index is 12.7. The van der Waals surface area contributed by atoms with E-state index in [1.807, 2.05) is 18.2 Å². The van der Waals surface area contributed by atoms with Crippen molar-refractivity contribution in [1.82, 2.24) is 4.90 Å². The summed E-state index contributed by atoms with van der Waals surface area (Å²) in [6, 6.07) is 18.5. The molecular formula is C20H17NO3. The van der Waals surface area contributed by atoms with Crippen LogP contribution in [0.4, 0.5) is 0 Å². The van der Waals surface area contributed by atoms with Crippen molar-refractivity contribution in [3.8, 4) is 0 Å². The molecule has 4 rings (SSSR count). The number of amides is 1. The zero-order chi connectivity index (χ0) is 16.5. The molecule has 0 radical (unpaired) electrons. The van der Waals surface area contributed by atoms with Crippen LogP contribution in [0, 0.1) is 0 Å². The minimum absolute atomic E-state index is 0.118. The van der Waals surface area contributed by atoms with E-state index in [0.29, 0.717) is 30.0 Å². The second-order valence-electron chi connectivity index (χ2n) is 6.12. The van der Waals surface area contributed by atoms with Crippen molar-refractivity contribution < 1.29 is 9.21 Å². The van der Waals surface area contributed by atoms with E-state index in [9.17, 15) is 9.59 Å². The molecule has 4 nitrogen and oxygen atoms in total. The molecule has 1 amide bonds. The van der Waals surface area contributed by atoms with E-state index in [1.165, 1.54) is 11.6 Å². The Bertz CT molecular complexity index is 946. The normalized spacial score (nSPS) is 17.3. The molecule has 0 bridgehead atoms. The van der Waals surface area contributed by atoms with E-state index < -0.39 is 0 Å². The molecule has 1 aliphatic heterocycles. The molecule has 4 heteroatoms. The van der Waals surface area contributed by atoms with Gasteiger partial charge in [-0.25, -0.2) is 0 Å². The molecule has 2 heterocycles. The fourth-order valence-corrected chi connectivity index (χ4v) is 3.31. The summed E-state index contributed by atoms with van der Waals surface area (Å²) in [5.41, 5.74) is 1.51. The van der Waals surface area contributed by atoms with Crippen LogP contribution in [0.25, 0.3) is 11.0 Å². The first-order valence-electron chi connectivity index (χ1n) is 8.09. The second-order valence-corrected chi connectivity index (χ2v) is 6.12. The van der Waals surface area contributed by atoms with Gasteiger partial charge in [-0.2, -0.15) is 0 Å². The van der Waals surface area contributed by atoms with Crippen molar-refractivity contribution in [3.63, 3.8) is 0 Å². The van der Waals surface area contributed by atoms with Gasteiger partial charge in [0.25, 0.3) is 5.91 Å². The molecule has 0 saturated carbocycles. The third kappa shape index (κ3) is 2.60. The first-order valence-corrected chi connectivity index (χ1v) is 8.09. The Morgan fingerprint density at radius 3 is 2.62 bits per heavy atom. The fraction of sp³-hybridized carbons (Fsp3) is 0.200. The number of fused-ring (bicyclic) bond motifs is 1. The van der Waals surface area contributed by atoms with Crippen LogP contribution in [0.2, 0.25) is 0 Å². The van der Waals surface area contributed by atoms with Crippen LogP contribution in [0.5, 0.6) is 0 Å². The number of hydrogen-bond acceptors (Lipinski definition) is 3. The monoisotopic (exact) mass is 319 g/mol. The molecule has 1 fully saturated rings. The summed E-state index contributed by atoms with van der Waals surface area (Å²) >= 11 is 0. The molecule has 0 aliphatic carbocycles. The van der Waals surface area contributed by atoms with E-state index >= 15 is 0 Å². The van der Waals surface area contributed by atoms with E-state index in [0.717, 1.165) is 6.42 Å². The summed E-state index contributed by atoms with van der Waals surface area (Å²) in [6.45, 7) is 1.33. The highest BCUT2D eigenvalue weighted by molar-refractivity contribution is 5.93. The molecule has 24 heavy (non-hydrogen) atoms. The standard InChI is InChI=1S/C20H17NO3/c22-17-12-19(24-18-9-5-4-8-16(17)18)20(23)21-11-10-15(13-21)14-6-2-1-3-7-14/h1-9,12,15H,10-11,13H2. The zero-order valence-corrected chi connectivity index (χ0v) is 13.1. The van der Waals surface area contributed by atoms with E-state index in [-0.39, 0.29) is 17.1 Å². The van der Waals surface area contributed by atoms with E-state index in [1.54, 1.807) is 29.2 Å². The van der Waals surface area contributed by atoms with E-state index in [2.05, 4.69) is 12.1 Å². The Kier molecular flexibility index (Phi) is 3.65. The molecule has 2 aromatic carbocycles. The maximum absolute atomic E-state index is 12.7. The molecule has 1 unspecified atom stereocenters. The Balaban J connectivity index is 1.60. The molecular weight excluding hydrogens is 302 g/mol. The minimum atomic E-state index is -0.212. The third-order valence-corrected chi connectivity index (χ3v) is 4.59. The Morgan fingerprint density at radius 2 is 1.79 bits per heavy atom. The van der Waals surface area contributed by atoms with Gasteiger partial charge < -0.3 is 9.32 Å². The average Bonchev–Trinajstić information content (AvgIpc) is 3.12. The van der Waals surface area contributed by atoms with Crippen molar-refractivity contribution in [1.29, 1.82) is 0 Å². The lowest BCUT2D eigenvalue weighted by Crippen LogP contribution is -2.29. The van der Waals surface area contributed by atoms with Gasteiger partial charge in [0.2, 0.25) is 0 Å². The number of carbonyl (C=O) groups excluding carboxylic acids is 1. The smallest absolute Gasteiger partial charge is 0.289 e. The molecule has 0 spiro atoms. The maximum Gasteiger partial charge on any atom is 0.289 e. The molecule has 1 aromatic heterocycles. The van der Waals surface area contributed by atoms with Crippen molar-refractivity contribution in [2.45, 2.75) is 12.3 Å². The van der Waals surface area contributed by atoms with Gasteiger partial charge >= 0.3 is 0 Å². The predicted molar refractivity (Wildman–Crippen MR) is 92.2 cm³/mol. The fourth-order valence-electron chi connectivity index (χ4n) is 3.31. The van der Waals surface area contributed by atoms with Crippen molar-refractivity contribution >= 4 is 16.9 Å². The topological polar surface area (TPSA) is 50.5 Å². The van der Waals surface area contributed by atoms with Crippen molar-refractivity contribution in [2.24, 2.45) is 0 Å². The predicted octanol–water partition coefficient (Wildman–Crippen LogP) is 3.42. The number of carbonyl (C=O) groups is 1. The molecule has 0 N–H and O–H groups in total. The summed E-state index contributed by atoms with van der Waals surface area (Å²) in [4.78, 5) is 26.7. The SMILES string of the molecule is O=C(c1cc(=O)c2ccccc2o1)N1CCC(c2ccccc2)C1. The van der Waals surface area contributed by atoms with Crippen LogP contribution in [-0.2, 0) is 0 Å². The number of nitrogens with zero attached hydrogens (tertiary/aromatic N) is 1. The summed E-state index contributed by atoms with van der Waals surface area (Å²) in [5, 5.41) is 0.498. The minimum Gasteiger partial charge on any atom is -0.451 e. The van der Waals surface area contributed by atoms with Crippen LogP contribution in [0.3, 0.4) is 0 Å². The second kappa shape index (κ2) is 5.96. The third-order valence-electron chi connectivity index (χ3n) is 4.59. The molecule has 1 saturated heterocycles. The van der Waals surface area contributed by atoms with Gasteiger partial charge in [0.15, 0.2) is 11.2 Å². The first kappa shape index (κ1) is 14.7. The highest BCUT2D eigenvalue weighted by Crippen LogP contribution is 2.28. The van der Waals surface area contributed by atoms with Gasteiger partial charge in [0.1, 0.15) is 5.58 Å². The highest BCUT2D eigenvalue weighted by atomic mass is 16.3. The first-order chi connectivity index (χ1) is 11.7. The summed E-state index contributed by atoms with van der Waals surface area (Å²) < 4.78 is 5.67. The number of para-hydroxylation sites is 1. The summed E-state index contributed by atoms with van der Waals surface area (Å²) in [6.07, 6.45) is 0.924. The summed E-state index contributed by atoms with van der Waals surface area (Å²) in [5.74, 6) is 0.242. The van der Waals surface area contributed by atoms with Gasteiger partial charge in [0, 0.05) is 25.1 Å². The lowest BCUT2D eigenvalue weighted by Gasteiger charge is -2.16. The van der Waals surface area contributed by atoms with E-state index in [4.69, 9.17) is 4.42 Å². The lowest BCUT2D eigenvalue weighted by molar-refractivity contribution is 0.0760. The Hall–Kier alpha value is -2.88. The quantitative estimate of drug-likeness (QED) is 0.727. The average molecular weight is 319 g/mol. The Labute approximate surface area is 139 Å². The van der Waals surface area contributed by atoms with Gasteiger partial charge in [-0.15, -0.1) is 0 Å². The number of benzene rings is 2. The number of rotatable bonds is 2. The summed E-state index contributed by atoms with van der Waals surface area (Å²) in [7, 11) is 0. The van der Waals surface area contributed by atoms with Crippen LogP contribution in [0.1, 0.15) is 28.5 Å². The largest absolute Gasteiger partial charge is 0.451 e. The van der Waals surface area contributed by atoms with Crippen LogP contribution in [0.15, 0.2) is 69.9 Å². The Morgan fingerprint density at radius 1 is 1.04 bits per heavy atom. The van der Waals surface area contributed by atoms with Crippen molar-refractivity contribution in [2.75, 3.05) is 13.1 Å². The molecule has 120 valence electrons. The van der Waals surface area contributed by atoms with Crippen LogP contribution in [-0.4, -0.2) is 23.9 Å². The highest BCUT2D eigenvalue weighted by Gasteiger charge is 2.29. The van der Waals surface area contributed by atoms with Gasteiger partial charge in [-0.05, 0) is 24.1 Å². The van der Waals surface area contributed by atoms with Crippen LogP contribution < -0.4 is 5.43 Å². The van der Waals surface area contributed by atoms with Gasteiger partial charge in [-0.3, -0.25) is 9.59 Å². The van der Waals surface area contributed by atoms with Gasteiger partial charge in [-0.1, -0.05) is 42.5 Å². The zero-order valence-electron chi connectivity index (χ0n) is 13.1. The number of likely N-dealkylation sites (tertiary alicyclic amines) is 1. The van der Waals surface area contributed by atoms with Crippen LogP contribution >= 0.6 is 0 Å². The van der Waals surface area contributed by atoms with Crippen molar-refractivity contribution in [3.05, 3.63) is 82.2 Å². The van der Waals surface area contributed by atoms with Gasteiger partial charge in [0.05, 0.1) is 5.39 Å². The number of hydrogen-bond donors (Lipinski definition) is 0.